The van der Waals surface area contributed by atoms with Gasteiger partial charge in [0.15, 0.2) is 18.3 Å². The van der Waals surface area contributed by atoms with Crippen molar-refractivity contribution >= 4 is 51.1 Å². The second-order valence-electron chi connectivity index (χ2n) is 24.1. The minimum Gasteiger partial charge on any atom is -0.428 e. The maximum absolute atomic E-state index is 13.4. The third-order valence-electron chi connectivity index (χ3n) is 17.0. The van der Waals surface area contributed by atoms with Crippen molar-refractivity contribution in [3.05, 3.63) is 213 Å². The van der Waals surface area contributed by atoms with Crippen LogP contribution in [-0.2, 0) is 24.0 Å². The Labute approximate surface area is 623 Å². The number of β-amino-alcohol motifs (C(OH)–C–C–N with tert-alkyl or cyclic N) is 2. The predicted octanol–water partition coefficient (Wildman–Crippen LogP) is 23.7. The molecule has 0 amide bonds. The number of alkyl halides is 21. The minimum atomic E-state index is -4.88. The first-order valence-corrected chi connectivity index (χ1v) is 34.7. The van der Waals surface area contributed by atoms with Gasteiger partial charge in [-0.2, -0.15) is 92.2 Å². The SMILES string of the molecule is C.C.FC(F)(F)C1CO1.FC(F)C(F)(F)Oc1cccc(C2CCc3c(cccc3-c3cccs3)N2)c1.N=N.OC(CN1c2cccc(-c3cccs3)c2CCC1c1cccc(OC(F)(F)C(F)F)c1)C(F)(F)F.OC(CN1c2cccc(-c3cccs3)c2CCC1c1cccc(OC(F)(F)C(F)F)c1)C(F)(F)F. The highest BCUT2D eigenvalue weighted by Crippen LogP contribution is 2.49. The zero-order valence-corrected chi connectivity index (χ0v) is 57.4. The number of rotatable bonds is 19. The number of halogens is 21. The molecular formula is C74H70F21N5O6S3. The number of aliphatic hydroxyl groups is 2. The van der Waals surface area contributed by atoms with E-state index >= 15 is 0 Å². The van der Waals surface area contributed by atoms with Crippen molar-refractivity contribution in [1.29, 1.82) is 11.1 Å². The number of fused-ring (bicyclic) bond motifs is 3. The number of benzene rings is 6. The van der Waals surface area contributed by atoms with Gasteiger partial charge in [0.1, 0.15) is 17.2 Å². The molecule has 0 bridgehead atoms. The fourth-order valence-corrected chi connectivity index (χ4v) is 14.5. The Morgan fingerprint density at radius 1 is 0.440 bits per heavy atom. The molecule has 3 aromatic heterocycles. The first-order valence-electron chi connectivity index (χ1n) is 32.0. The lowest BCUT2D eigenvalue weighted by Gasteiger charge is -2.41. The summed E-state index contributed by atoms with van der Waals surface area (Å²) in [6.07, 6.45) is -43.5. The van der Waals surface area contributed by atoms with E-state index in [0.717, 1.165) is 80.4 Å². The highest BCUT2D eigenvalue weighted by molar-refractivity contribution is 7.14. The van der Waals surface area contributed by atoms with Crippen LogP contribution in [0.4, 0.5) is 109 Å². The molecule has 35 heteroatoms. The molecule has 5 N–H and O–H groups in total. The normalized spacial score (nSPS) is 17.4. The molecule has 13 rings (SSSR count). The van der Waals surface area contributed by atoms with Crippen molar-refractivity contribution in [2.24, 2.45) is 0 Å². The molecule has 7 heterocycles. The minimum absolute atomic E-state index is 0. The van der Waals surface area contributed by atoms with E-state index in [9.17, 15) is 102 Å². The van der Waals surface area contributed by atoms with Crippen LogP contribution in [0.1, 0.15) is 85.6 Å². The first-order chi connectivity index (χ1) is 50.5. The number of nitrogens with zero attached hydrogens (tertiary/aromatic N) is 2. The van der Waals surface area contributed by atoms with Crippen LogP contribution in [0.25, 0.3) is 31.3 Å². The Kier molecular flexibility index (Phi) is 29.6. The van der Waals surface area contributed by atoms with Crippen LogP contribution in [0.3, 0.4) is 0 Å². The second-order valence-corrected chi connectivity index (χ2v) is 27.0. The van der Waals surface area contributed by atoms with Crippen LogP contribution in [0.5, 0.6) is 17.2 Å². The third-order valence-corrected chi connectivity index (χ3v) is 19.7. The zero-order valence-electron chi connectivity index (χ0n) is 55.0. The molecule has 592 valence electrons. The number of anilines is 3. The van der Waals surface area contributed by atoms with Crippen molar-refractivity contribution in [2.45, 2.75) is 146 Å². The van der Waals surface area contributed by atoms with E-state index in [4.69, 9.17) is 11.1 Å². The zero-order chi connectivity index (χ0) is 78.0. The number of hydrogen-bond donors (Lipinski definition) is 5. The predicted molar refractivity (Wildman–Crippen MR) is 374 cm³/mol. The largest absolute Gasteiger partial charge is 0.461 e. The molecule has 1 fully saturated rings. The number of epoxide rings is 1. The van der Waals surface area contributed by atoms with Gasteiger partial charge in [0, 0.05) is 31.7 Å². The van der Waals surface area contributed by atoms with Crippen molar-refractivity contribution in [3.63, 3.8) is 0 Å². The summed E-state index contributed by atoms with van der Waals surface area (Å²) in [5, 5.41) is 29.0. The van der Waals surface area contributed by atoms with Crippen LogP contribution in [0, 0.1) is 11.1 Å². The van der Waals surface area contributed by atoms with E-state index in [1.54, 1.807) is 41.7 Å². The average Bonchev–Trinajstić information content (AvgIpc) is 0.950. The molecule has 6 atom stereocenters. The topological polar surface area (TPSA) is 147 Å². The van der Waals surface area contributed by atoms with Crippen LogP contribution in [-0.4, -0.2) is 104 Å². The fourth-order valence-electron chi connectivity index (χ4n) is 12.1. The van der Waals surface area contributed by atoms with Crippen LogP contribution in [0.2, 0.25) is 0 Å². The Morgan fingerprint density at radius 2 is 0.771 bits per heavy atom. The molecule has 0 radical (unpaired) electrons. The molecule has 6 unspecified atom stereocenters. The lowest BCUT2D eigenvalue weighted by atomic mass is 9.88. The van der Waals surface area contributed by atoms with Gasteiger partial charge in [-0.1, -0.05) is 106 Å². The maximum Gasteiger partial charge on any atom is 0.461 e. The van der Waals surface area contributed by atoms with E-state index in [-0.39, 0.29) is 33.3 Å². The fraction of sp³-hybridized carbons (Fsp3) is 0.351. The molecule has 1 saturated heterocycles. The van der Waals surface area contributed by atoms with Crippen LogP contribution >= 0.6 is 34.0 Å². The first kappa shape index (κ1) is 87.5. The van der Waals surface area contributed by atoms with Crippen molar-refractivity contribution in [1.82, 2.24) is 0 Å². The van der Waals surface area contributed by atoms with Crippen molar-refractivity contribution in [3.8, 4) is 48.6 Å². The van der Waals surface area contributed by atoms with E-state index in [2.05, 4.69) is 36.4 Å². The van der Waals surface area contributed by atoms with Gasteiger partial charge in [-0.25, -0.2) is 11.1 Å². The summed E-state index contributed by atoms with van der Waals surface area (Å²) in [6, 6.07) is 42.4. The molecular weight excluding hydrogens is 1550 g/mol. The summed E-state index contributed by atoms with van der Waals surface area (Å²) < 4.78 is 285. The highest BCUT2D eigenvalue weighted by atomic mass is 32.1. The van der Waals surface area contributed by atoms with Crippen LogP contribution in [0.15, 0.2) is 180 Å². The molecule has 109 heavy (non-hydrogen) atoms. The van der Waals surface area contributed by atoms with Gasteiger partial charge < -0.3 is 44.3 Å². The molecule has 4 aliphatic heterocycles. The number of ether oxygens (including phenoxy) is 4. The molecule has 6 aromatic carbocycles. The average molecular weight is 1620 g/mol. The lowest BCUT2D eigenvalue weighted by Crippen LogP contribution is -2.44. The summed E-state index contributed by atoms with van der Waals surface area (Å²) in [5.41, 5.74) is 19.0. The van der Waals surface area contributed by atoms with E-state index in [1.807, 2.05) is 70.7 Å². The monoisotopic (exact) mass is 1620 g/mol. The Morgan fingerprint density at radius 3 is 1.09 bits per heavy atom. The highest BCUT2D eigenvalue weighted by Gasteiger charge is 2.50. The molecule has 11 nitrogen and oxygen atoms in total. The van der Waals surface area contributed by atoms with E-state index in [0.29, 0.717) is 48.2 Å². The molecule has 0 aliphatic carbocycles. The van der Waals surface area contributed by atoms with Gasteiger partial charge in [-0.15, -0.1) is 34.0 Å². The maximum atomic E-state index is 13.4. The summed E-state index contributed by atoms with van der Waals surface area (Å²) >= 11 is 4.64. The summed E-state index contributed by atoms with van der Waals surface area (Å²) in [7, 11) is 0. The quantitative estimate of drug-likeness (QED) is 0.0303. The lowest BCUT2D eigenvalue weighted by molar-refractivity contribution is -0.253. The Balaban J connectivity index is 0.000000214. The van der Waals surface area contributed by atoms with E-state index < -0.39 is 111 Å². The van der Waals surface area contributed by atoms with E-state index in [1.165, 1.54) is 90.9 Å². The second kappa shape index (κ2) is 36.8. The smallest absolute Gasteiger partial charge is 0.428 e. The van der Waals surface area contributed by atoms with Gasteiger partial charge in [-0.05, 0) is 178 Å². The van der Waals surface area contributed by atoms with Gasteiger partial charge >= 0.3 is 56.1 Å². The molecule has 0 spiro atoms. The van der Waals surface area contributed by atoms with Crippen LogP contribution < -0.4 is 29.3 Å². The van der Waals surface area contributed by atoms with Gasteiger partial charge in [0.25, 0.3) is 0 Å². The summed E-state index contributed by atoms with van der Waals surface area (Å²) in [4.78, 5) is 5.83. The Bertz CT molecular complexity index is 4140. The van der Waals surface area contributed by atoms with Gasteiger partial charge in [0.05, 0.1) is 37.8 Å². The molecule has 0 saturated carbocycles. The number of aliphatic hydroxyl groups excluding tert-OH is 2. The molecule has 4 aliphatic rings. The summed E-state index contributed by atoms with van der Waals surface area (Å²) in [5.74, 6) is -1.35. The number of hydrogen-bond acceptors (Lipinski definition) is 14. The van der Waals surface area contributed by atoms with Gasteiger partial charge in [0.2, 0.25) is 0 Å². The standard InChI is InChI=1S/2C24H20F7NO2S.C21H17F4NOS.C3H3F3O.2CH4.H2N2/c2*25-22(26)24(30,31)34-15-5-1-4-14(12-15)18-10-9-16-17(20-8-3-11-35-20)6-2-7-19(16)32(18)13-21(33)23(27,28)29;22-20(23)21(24,25)27-14-5-1-4-13(12-14)17-10-9-15-16(19-8-3-11-28-19)6-2-7-18(15)26-17;4-3(5,6)2-1-7-2;;;1-2/h2*1-8,11-12,18,21-22,33H,9-10,13H2;1-8,11-12,17,20,26H,9-10H2;2H,1H2;2*1H4;1-2H. The summed E-state index contributed by atoms with van der Waals surface area (Å²) in [6.45, 7) is -1.75. The third kappa shape index (κ3) is 22.3. The van der Waals surface area contributed by atoms with Gasteiger partial charge in [-0.3, -0.25) is 0 Å². The Hall–Kier alpha value is -8.77. The molecule has 9 aromatic rings. The van der Waals surface area contributed by atoms with Crippen molar-refractivity contribution < 1.29 is 121 Å². The number of nitrogens with one attached hydrogen (secondary N) is 3. The van der Waals surface area contributed by atoms with Crippen molar-refractivity contribution in [2.75, 3.05) is 34.8 Å². The number of thiophene rings is 3.